The third-order valence-corrected chi connectivity index (χ3v) is 4.60. The average Bonchev–Trinajstić information content (AvgIpc) is 2.72. The molecule has 0 saturated heterocycles. The second-order valence-electron chi connectivity index (χ2n) is 6.44. The number of aliphatic hydroxyl groups excluding tert-OH is 1. The second kappa shape index (κ2) is 10.2. The molecule has 0 saturated carbocycles. The van der Waals surface area contributed by atoms with Crippen LogP contribution in [-0.2, 0) is 6.54 Å². The number of nitrogens with zero attached hydrogens (tertiary/aromatic N) is 1. The number of hydrogen-bond acceptors (Lipinski definition) is 4. The van der Waals surface area contributed by atoms with Gasteiger partial charge in [-0.2, -0.15) is 0 Å². The van der Waals surface area contributed by atoms with E-state index in [1.807, 2.05) is 49.4 Å². The Kier molecular flexibility index (Phi) is 7.39. The zero-order chi connectivity index (χ0) is 19.8. The van der Waals surface area contributed by atoms with Crippen molar-refractivity contribution in [3.63, 3.8) is 0 Å². The highest BCUT2D eigenvalue weighted by molar-refractivity contribution is 6.32. The molecular weight excluding hydrogens is 378 g/mol. The van der Waals surface area contributed by atoms with Crippen molar-refractivity contribution in [2.45, 2.75) is 26.0 Å². The lowest BCUT2D eigenvalue weighted by Crippen LogP contribution is -2.38. The summed E-state index contributed by atoms with van der Waals surface area (Å²) in [6.45, 7) is 4.83. The minimum Gasteiger partial charge on any atom is -0.486 e. The van der Waals surface area contributed by atoms with Gasteiger partial charge in [-0.3, -0.25) is 0 Å². The predicted octanol–water partition coefficient (Wildman–Crippen LogP) is 3.29. The lowest BCUT2D eigenvalue weighted by atomic mass is 10.1. The Morgan fingerprint density at radius 3 is 2.75 bits per heavy atom. The van der Waals surface area contributed by atoms with E-state index >= 15 is 0 Å². The molecule has 0 bridgehead atoms. The molecule has 0 spiro atoms. The molecule has 3 rings (SSSR count). The molecule has 1 aliphatic rings. The summed E-state index contributed by atoms with van der Waals surface area (Å²) in [5, 5.41) is 17.3. The molecule has 1 aliphatic heterocycles. The molecule has 2 aromatic carbocycles. The van der Waals surface area contributed by atoms with Crippen molar-refractivity contribution in [1.29, 1.82) is 0 Å². The molecule has 0 aliphatic carbocycles. The molecule has 0 aromatic heterocycles. The normalized spacial score (nSPS) is 14.5. The summed E-state index contributed by atoms with van der Waals surface area (Å²) in [6.07, 6.45) is 0.0813. The van der Waals surface area contributed by atoms with Gasteiger partial charge in [-0.05, 0) is 36.6 Å². The topological polar surface area (TPSA) is 75.1 Å². The molecule has 0 fully saturated rings. The standard InChI is InChI=1S/C21H26ClN3O3/c1-2-23-21(24-9-8-18(26)16-6-4-3-5-7-16)25-14-15-12-17(22)20-19(13-15)27-10-11-28-20/h3-7,12-13,18,26H,2,8-11,14H2,1H3,(H2,23,24,25). The number of guanidine groups is 1. The maximum absolute atomic E-state index is 10.3. The first-order valence-corrected chi connectivity index (χ1v) is 9.88. The van der Waals surface area contributed by atoms with Gasteiger partial charge in [0.1, 0.15) is 13.2 Å². The highest BCUT2D eigenvalue weighted by Crippen LogP contribution is 2.38. The van der Waals surface area contributed by atoms with Gasteiger partial charge in [-0.15, -0.1) is 0 Å². The molecule has 6 nitrogen and oxygen atoms in total. The number of nitrogens with one attached hydrogen (secondary N) is 2. The fourth-order valence-electron chi connectivity index (χ4n) is 2.94. The first-order chi connectivity index (χ1) is 13.7. The number of fused-ring (bicyclic) bond motifs is 1. The molecule has 150 valence electrons. The van der Waals surface area contributed by atoms with Gasteiger partial charge < -0.3 is 25.2 Å². The largest absolute Gasteiger partial charge is 0.486 e. The summed E-state index contributed by atoms with van der Waals surface area (Å²) in [4.78, 5) is 4.60. The summed E-state index contributed by atoms with van der Waals surface area (Å²) in [5.74, 6) is 1.95. The van der Waals surface area contributed by atoms with Gasteiger partial charge >= 0.3 is 0 Å². The Morgan fingerprint density at radius 2 is 1.96 bits per heavy atom. The van der Waals surface area contributed by atoms with E-state index in [4.69, 9.17) is 21.1 Å². The zero-order valence-corrected chi connectivity index (χ0v) is 16.7. The maximum atomic E-state index is 10.3. The SMILES string of the molecule is CCNC(=NCc1cc(Cl)c2c(c1)OCCO2)NCCC(O)c1ccccc1. The number of rotatable bonds is 7. The Bertz CT molecular complexity index is 799. The van der Waals surface area contributed by atoms with E-state index in [1.54, 1.807) is 0 Å². The van der Waals surface area contributed by atoms with E-state index in [-0.39, 0.29) is 0 Å². The van der Waals surface area contributed by atoms with Gasteiger partial charge in [0.15, 0.2) is 17.5 Å². The van der Waals surface area contributed by atoms with Crippen molar-refractivity contribution in [2.75, 3.05) is 26.3 Å². The van der Waals surface area contributed by atoms with Crippen LogP contribution in [0.15, 0.2) is 47.5 Å². The Hall–Kier alpha value is -2.44. The minimum atomic E-state index is -0.506. The van der Waals surface area contributed by atoms with Crippen LogP contribution in [0.3, 0.4) is 0 Å². The van der Waals surface area contributed by atoms with Gasteiger partial charge in [0, 0.05) is 13.1 Å². The fraction of sp³-hybridized carbons (Fsp3) is 0.381. The van der Waals surface area contributed by atoms with Crippen molar-refractivity contribution in [2.24, 2.45) is 4.99 Å². The number of ether oxygens (including phenoxy) is 2. The van der Waals surface area contributed by atoms with Crippen LogP contribution in [-0.4, -0.2) is 37.4 Å². The summed E-state index contributed by atoms with van der Waals surface area (Å²) < 4.78 is 11.2. The summed E-state index contributed by atoms with van der Waals surface area (Å²) in [7, 11) is 0. The lowest BCUT2D eigenvalue weighted by molar-refractivity contribution is 0.168. The third-order valence-electron chi connectivity index (χ3n) is 4.32. The van der Waals surface area contributed by atoms with Gasteiger partial charge in [0.2, 0.25) is 0 Å². The quantitative estimate of drug-likeness (QED) is 0.488. The van der Waals surface area contributed by atoms with Crippen molar-refractivity contribution in [3.8, 4) is 11.5 Å². The first kappa shape index (κ1) is 20.3. The van der Waals surface area contributed by atoms with Gasteiger partial charge in [0.25, 0.3) is 0 Å². The third kappa shape index (κ3) is 5.53. The zero-order valence-electron chi connectivity index (χ0n) is 16.0. The van der Waals surface area contributed by atoms with Crippen molar-refractivity contribution in [1.82, 2.24) is 10.6 Å². The van der Waals surface area contributed by atoms with Crippen LogP contribution in [0.2, 0.25) is 5.02 Å². The molecule has 28 heavy (non-hydrogen) atoms. The van der Waals surface area contributed by atoms with Gasteiger partial charge in [0.05, 0.1) is 17.7 Å². The smallest absolute Gasteiger partial charge is 0.191 e. The van der Waals surface area contributed by atoms with E-state index in [1.165, 1.54) is 0 Å². The maximum Gasteiger partial charge on any atom is 0.191 e. The number of benzene rings is 2. The molecular formula is C21H26ClN3O3. The van der Waals surface area contributed by atoms with Crippen molar-refractivity contribution >= 4 is 17.6 Å². The molecule has 3 N–H and O–H groups in total. The Balaban J connectivity index is 1.57. The molecule has 2 aromatic rings. The van der Waals surface area contributed by atoms with Crippen LogP contribution in [0.5, 0.6) is 11.5 Å². The number of aliphatic imine (C=N–C) groups is 1. The van der Waals surface area contributed by atoms with E-state index < -0.39 is 6.10 Å². The predicted molar refractivity (Wildman–Crippen MR) is 111 cm³/mol. The molecule has 7 heteroatoms. The Labute approximate surface area is 170 Å². The van der Waals surface area contributed by atoms with Crippen LogP contribution >= 0.6 is 11.6 Å². The molecule has 0 radical (unpaired) electrons. The second-order valence-corrected chi connectivity index (χ2v) is 6.85. The number of hydrogen-bond donors (Lipinski definition) is 3. The van der Waals surface area contributed by atoms with E-state index in [9.17, 15) is 5.11 Å². The first-order valence-electron chi connectivity index (χ1n) is 9.50. The lowest BCUT2D eigenvalue weighted by Gasteiger charge is -2.20. The minimum absolute atomic E-state index is 0.451. The monoisotopic (exact) mass is 403 g/mol. The molecule has 1 atom stereocenters. The highest BCUT2D eigenvalue weighted by Gasteiger charge is 2.16. The summed E-state index contributed by atoms with van der Waals surface area (Å²) >= 11 is 6.29. The van der Waals surface area contributed by atoms with Gasteiger partial charge in [-0.25, -0.2) is 4.99 Å². The van der Waals surface area contributed by atoms with Crippen LogP contribution < -0.4 is 20.1 Å². The van der Waals surface area contributed by atoms with Gasteiger partial charge in [-0.1, -0.05) is 41.9 Å². The van der Waals surface area contributed by atoms with Crippen LogP contribution in [0.1, 0.15) is 30.6 Å². The van der Waals surface area contributed by atoms with E-state index in [0.29, 0.717) is 55.2 Å². The van der Waals surface area contributed by atoms with Crippen molar-refractivity contribution in [3.05, 3.63) is 58.6 Å². The van der Waals surface area contributed by atoms with E-state index in [2.05, 4.69) is 15.6 Å². The molecule has 1 unspecified atom stereocenters. The van der Waals surface area contributed by atoms with Crippen LogP contribution in [0, 0.1) is 0 Å². The average molecular weight is 404 g/mol. The molecule has 0 amide bonds. The van der Waals surface area contributed by atoms with Crippen LogP contribution in [0.25, 0.3) is 0 Å². The molecule has 1 heterocycles. The fourth-order valence-corrected chi connectivity index (χ4v) is 3.22. The summed E-state index contributed by atoms with van der Waals surface area (Å²) in [6, 6.07) is 13.4. The van der Waals surface area contributed by atoms with Crippen LogP contribution in [0.4, 0.5) is 0 Å². The number of halogens is 1. The highest BCUT2D eigenvalue weighted by atomic mass is 35.5. The van der Waals surface area contributed by atoms with E-state index in [0.717, 1.165) is 17.7 Å². The Morgan fingerprint density at radius 1 is 1.18 bits per heavy atom. The summed E-state index contributed by atoms with van der Waals surface area (Å²) in [5.41, 5.74) is 1.85. The number of aliphatic hydroxyl groups is 1. The van der Waals surface area contributed by atoms with Crippen molar-refractivity contribution < 1.29 is 14.6 Å².